The van der Waals surface area contributed by atoms with E-state index in [1.165, 1.54) is 0 Å². The number of hydrogen-bond acceptors (Lipinski definition) is 4. The number of hydrogen-bond donors (Lipinski definition) is 1. The summed E-state index contributed by atoms with van der Waals surface area (Å²) in [5.74, 6) is 0.427. The highest BCUT2D eigenvalue weighted by Gasteiger charge is 2.06. The maximum Gasteiger partial charge on any atom is 0.412 e. The third-order valence-corrected chi connectivity index (χ3v) is 1.96. The van der Waals surface area contributed by atoms with Crippen LogP contribution in [0.2, 0.25) is 0 Å². The highest BCUT2D eigenvalue weighted by Crippen LogP contribution is 2.09. The molecule has 0 aromatic carbocycles. The first-order valence-corrected chi connectivity index (χ1v) is 4.95. The molecule has 0 saturated carbocycles. The molecule has 2 aromatic rings. The van der Waals surface area contributed by atoms with Crippen LogP contribution in [-0.2, 0) is 4.74 Å². The molecule has 0 spiro atoms. The highest BCUT2D eigenvalue weighted by atomic mass is 16.5. The van der Waals surface area contributed by atoms with E-state index in [1.807, 2.05) is 13.0 Å². The van der Waals surface area contributed by atoms with E-state index in [-0.39, 0.29) is 0 Å². The zero-order valence-electron chi connectivity index (χ0n) is 9.10. The largest absolute Gasteiger partial charge is 0.450 e. The first kappa shape index (κ1) is 10.4. The summed E-state index contributed by atoms with van der Waals surface area (Å²) in [4.78, 5) is 15.3. The van der Waals surface area contributed by atoms with Gasteiger partial charge in [-0.3, -0.25) is 5.32 Å². The number of carbonyl (C=O) groups excluding carboxylic acids is 1. The fraction of sp³-hybridized carbons (Fsp3) is 0.300. The SMILES string of the molecule is CCOC(=O)Nc1cn2ncc(C)cc2n1. The summed E-state index contributed by atoms with van der Waals surface area (Å²) >= 11 is 0. The second-order valence-electron chi connectivity index (χ2n) is 3.31. The van der Waals surface area contributed by atoms with Crippen LogP contribution in [0.3, 0.4) is 0 Å². The molecular weight excluding hydrogens is 208 g/mol. The normalized spacial score (nSPS) is 10.4. The van der Waals surface area contributed by atoms with Crippen molar-refractivity contribution >= 4 is 17.6 Å². The van der Waals surface area contributed by atoms with Crippen molar-refractivity contribution in [2.75, 3.05) is 11.9 Å². The Hall–Kier alpha value is -2.11. The molecule has 16 heavy (non-hydrogen) atoms. The number of anilines is 1. The summed E-state index contributed by atoms with van der Waals surface area (Å²) in [5, 5.41) is 6.64. The van der Waals surface area contributed by atoms with Gasteiger partial charge in [0.25, 0.3) is 0 Å². The van der Waals surface area contributed by atoms with Gasteiger partial charge in [0, 0.05) is 0 Å². The minimum atomic E-state index is -0.511. The number of nitrogens with one attached hydrogen (secondary N) is 1. The van der Waals surface area contributed by atoms with Crippen molar-refractivity contribution in [2.24, 2.45) is 0 Å². The summed E-state index contributed by atoms with van der Waals surface area (Å²) in [6.07, 6.45) is 2.84. The standard InChI is InChI=1S/C10H12N4O2/c1-3-16-10(15)13-8-6-14-9(12-8)4-7(2)5-11-14/h4-6H,3H2,1-2H3,(H,13,15). The Bertz CT molecular complexity index is 521. The molecule has 0 aliphatic heterocycles. The Balaban J connectivity index is 2.23. The Morgan fingerprint density at radius 3 is 3.19 bits per heavy atom. The van der Waals surface area contributed by atoms with Crippen LogP contribution in [0, 0.1) is 6.92 Å². The van der Waals surface area contributed by atoms with E-state index in [2.05, 4.69) is 15.4 Å². The number of amides is 1. The minimum absolute atomic E-state index is 0.330. The molecule has 2 rings (SSSR count). The number of nitrogens with zero attached hydrogens (tertiary/aromatic N) is 3. The maximum absolute atomic E-state index is 11.2. The van der Waals surface area contributed by atoms with E-state index in [9.17, 15) is 4.79 Å². The monoisotopic (exact) mass is 220 g/mol. The predicted octanol–water partition coefficient (Wildman–Crippen LogP) is 1.61. The molecule has 0 aliphatic rings. The van der Waals surface area contributed by atoms with Gasteiger partial charge in [0.2, 0.25) is 0 Å². The van der Waals surface area contributed by atoms with Crippen LogP contribution in [0.1, 0.15) is 12.5 Å². The third kappa shape index (κ3) is 2.10. The van der Waals surface area contributed by atoms with Crippen LogP contribution in [0.4, 0.5) is 10.6 Å². The van der Waals surface area contributed by atoms with Crippen molar-refractivity contribution in [1.82, 2.24) is 14.6 Å². The number of rotatable bonds is 2. The molecular formula is C10H12N4O2. The van der Waals surface area contributed by atoms with Crippen LogP contribution in [0.5, 0.6) is 0 Å². The lowest BCUT2D eigenvalue weighted by atomic mass is 10.3. The van der Waals surface area contributed by atoms with Gasteiger partial charge in [-0.25, -0.2) is 14.3 Å². The van der Waals surface area contributed by atoms with Crippen molar-refractivity contribution in [3.8, 4) is 0 Å². The Morgan fingerprint density at radius 1 is 1.62 bits per heavy atom. The third-order valence-electron chi connectivity index (χ3n) is 1.96. The second kappa shape index (κ2) is 4.18. The summed E-state index contributed by atoms with van der Waals surface area (Å²) in [6.45, 7) is 4.00. The molecule has 1 N–H and O–H groups in total. The number of aryl methyl sites for hydroxylation is 1. The Kier molecular flexibility index (Phi) is 2.72. The van der Waals surface area contributed by atoms with Crippen LogP contribution < -0.4 is 5.32 Å². The van der Waals surface area contributed by atoms with Crippen LogP contribution >= 0.6 is 0 Å². The fourth-order valence-electron chi connectivity index (χ4n) is 1.30. The van der Waals surface area contributed by atoms with Gasteiger partial charge in [-0.2, -0.15) is 5.10 Å². The van der Waals surface area contributed by atoms with Crippen molar-refractivity contribution in [2.45, 2.75) is 13.8 Å². The van der Waals surface area contributed by atoms with E-state index in [0.717, 1.165) is 5.56 Å². The van der Waals surface area contributed by atoms with Gasteiger partial charge in [0.15, 0.2) is 11.5 Å². The zero-order valence-corrected chi connectivity index (χ0v) is 9.10. The molecule has 0 radical (unpaired) electrons. The van der Waals surface area contributed by atoms with Crippen LogP contribution in [-0.4, -0.2) is 27.3 Å². The second-order valence-corrected chi connectivity index (χ2v) is 3.31. The van der Waals surface area contributed by atoms with Gasteiger partial charge in [-0.15, -0.1) is 0 Å². The first-order chi connectivity index (χ1) is 7.69. The Labute approximate surface area is 92.2 Å². The van der Waals surface area contributed by atoms with Gasteiger partial charge in [-0.05, 0) is 25.5 Å². The van der Waals surface area contributed by atoms with Crippen molar-refractivity contribution in [1.29, 1.82) is 0 Å². The number of imidazole rings is 1. The Morgan fingerprint density at radius 2 is 2.44 bits per heavy atom. The highest BCUT2D eigenvalue weighted by molar-refractivity contribution is 5.83. The molecule has 0 fully saturated rings. The zero-order chi connectivity index (χ0) is 11.5. The number of aromatic nitrogens is 3. The van der Waals surface area contributed by atoms with Crippen molar-refractivity contribution in [3.05, 3.63) is 24.0 Å². The van der Waals surface area contributed by atoms with Gasteiger partial charge in [0.05, 0.1) is 19.0 Å². The molecule has 6 heteroatoms. The van der Waals surface area contributed by atoms with E-state index < -0.39 is 6.09 Å². The minimum Gasteiger partial charge on any atom is -0.450 e. The molecule has 0 saturated heterocycles. The maximum atomic E-state index is 11.2. The average molecular weight is 220 g/mol. The van der Waals surface area contributed by atoms with Gasteiger partial charge in [-0.1, -0.05) is 0 Å². The lowest BCUT2D eigenvalue weighted by Crippen LogP contribution is -2.13. The molecule has 2 heterocycles. The van der Waals surface area contributed by atoms with Crippen molar-refractivity contribution in [3.63, 3.8) is 0 Å². The van der Waals surface area contributed by atoms with Crippen LogP contribution in [0.25, 0.3) is 5.65 Å². The molecule has 2 aromatic heterocycles. The number of fused-ring (bicyclic) bond motifs is 1. The average Bonchev–Trinajstić information content (AvgIpc) is 2.59. The van der Waals surface area contributed by atoms with E-state index in [1.54, 1.807) is 23.8 Å². The molecule has 84 valence electrons. The number of ether oxygens (including phenoxy) is 1. The smallest absolute Gasteiger partial charge is 0.412 e. The molecule has 6 nitrogen and oxygen atoms in total. The summed E-state index contributed by atoms with van der Waals surface area (Å²) in [6, 6.07) is 1.88. The van der Waals surface area contributed by atoms with Gasteiger partial charge in [0.1, 0.15) is 0 Å². The van der Waals surface area contributed by atoms with Crippen LogP contribution in [0.15, 0.2) is 18.5 Å². The molecule has 0 aliphatic carbocycles. The number of carbonyl (C=O) groups is 1. The van der Waals surface area contributed by atoms with Crippen molar-refractivity contribution < 1.29 is 9.53 Å². The van der Waals surface area contributed by atoms with E-state index in [4.69, 9.17) is 4.74 Å². The van der Waals surface area contributed by atoms with E-state index >= 15 is 0 Å². The van der Waals surface area contributed by atoms with Gasteiger partial charge >= 0.3 is 6.09 Å². The molecule has 0 bridgehead atoms. The van der Waals surface area contributed by atoms with E-state index in [0.29, 0.717) is 18.1 Å². The molecule has 1 amide bonds. The first-order valence-electron chi connectivity index (χ1n) is 4.95. The quantitative estimate of drug-likeness (QED) is 0.834. The fourth-order valence-corrected chi connectivity index (χ4v) is 1.30. The predicted molar refractivity (Wildman–Crippen MR) is 58.4 cm³/mol. The molecule has 0 unspecified atom stereocenters. The molecule has 0 atom stereocenters. The summed E-state index contributed by atoms with van der Waals surface area (Å²) < 4.78 is 6.34. The lowest BCUT2D eigenvalue weighted by molar-refractivity contribution is 0.168. The summed E-state index contributed by atoms with van der Waals surface area (Å²) in [7, 11) is 0. The topological polar surface area (TPSA) is 68.5 Å². The van der Waals surface area contributed by atoms with Gasteiger partial charge < -0.3 is 4.74 Å². The lowest BCUT2D eigenvalue weighted by Gasteiger charge is -1.99. The summed E-state index contributed by atoms with van der Waals surface area (Å²) in [5.41, 5.74) is 1.70.